The summed E-state index contributed by atoms with van der Waals surface area (Å²) in [5.74, 6) is 0.824. The van der Waals surface area contributed by atoms with Crippen LogP contribution >= 0.6 is 0 Å². The molecule has 11 heteroatoms. The SMILES string of the molecule is COc1cc(COc2ccc3c(c2)N(C)C(=O)[C@@H](NC(=O)n2cc(Cc4cccc(F)c4)cn2)CO3)ccn1. The highest BCUT2D eigenvalue weighted by molar-refractivity contribution is 6.00. The zero-order valence-corrected chi connectivity index (χ0v) is 21.3. The van der Waals surface area contributed by atoms with Gasteiger partial charge in [-0.05, 0) is 47.0 Å². The van der Waals surface area contributed by atoms with Gasteiger partial charge in [-0.2, -0.15) is 9.78 Å². The zero-order chi connectivity index (χ0) is 27.4. The molecular formula is C28H26FN5O5. The van der Waals surface area contributed by atoms with E-state index in [-0.39, 0.29) is 24.9 Å². The molecule has 3 heterocycles. The summed E-state index contributed by atoms with van der Waals surface area (Å²) in [4.78, 5) is 31.6. The van der Waals surface area contributed by atoms with Gasteiger partial charge in [0.05, 0.1) is 19.0 Å². The first-order chi connectivity index (χ1) is 18.9. The fraction of sp³-hybridized carbons (Fsp3) is 0.214. The fourth-order valence-corrected chi connectivity index (χ4v) is 4.15. The summed E-state index contributed by atoms with van der Waals surface area (Å²) in [6, 6.07) is 13.5. The maximum Gasteiger partial charge on any atom is 0.342 e. The molecule has 4 aromatic rings. The number of nitrogens with one attached hydrogen (secondary N) is 1. The van der Waals surface area contributed by atoms with Crippen LogP contribution in [-0.4, -0.2) is 53.5 Å². The van der Waals surface area contributed by atoms with Gasteiger partial charge in [-0.15, -0.1) is 0 Å². The maximum absolute atomic E-state index is 13.5. The molecule has 0 fully saturated rings. The van der Waals surface area contributed by atoms with Crippen LogP contribution in [0.5, 0.6) is 17.4 Å². The van der Waals surface area contributed by atoms with Crippen molar-refractivity contribution in [1.29, 1.82) is 0 Å². The fourth-order valence-electron chi connectivity index (χ4n) is 4.15. The Bertz CT molecular complexity index is 1510. The minimum absolute atomic E-state index is 0.0592. The molecule has 2 amide bonds. The van der Waals surface area contributed by atoms with Gasteiger partial charge < -0.3 is 24.4 Å². The molecule has 200 valence electrons. The number of halogens is 1. The number of amides is 2. The molecule has 0 unspecified atom stereocenters. The van der Waals surface area contributed by atoms with Crippen LogP contribution in [0, 0.1) is 5.82 Å². The van der Waals surface area contributed by atoms with Crippen molar-refractivity contribution in [2.75, 3.05) is 25.7 Å². The van der Waals surface area contributed by atoms with E-state index in [1.165, 1.54) is 23.2 Å². The highest BCUT2D eigenvalue weighted by Crippen LogP contribution is 2.34. The Kier molecular flexibility index (Phi) is 7.39. The number of rotatable bonds is 7. The minimum Gasteiger partial charge on any atom is -0.489 e. The Hall–Kier alpha value is -4.93. The molecule has 39 heavy (non-hydrogen) atoms. The van der Waals surface area contributed by atoms with Crippen LogP contribution in [0.25, 0.3) is 0 Å². The van der Waals surface area contributed by atoms with Crippen LogP contribution < -0.4 is 24.4 Å². The number of carbonyl (C=O) groups is 2. The number of pyridine rings is 1. The van der Waals surface area contributed by atoms with E-state index in [0.717, 1.165) is 21.4 Å². The van der Waals surface area contributed by atoms with E-state index < -0.39 is 12.1 Å². The van der Waals surface area contributed by atoms with Gasteiger partial charge in [-0.3, -0.25) is 4.79 Å². The predicted octanol–water partition coefficient (Wildman–Crippen LogP) is 3.58. The Morgan fingerprint density at radius 1 is 1.15 bits per heavy atom. The van der Waals surface area contributed by atoms with Crippen LogP contribution in [0.3, 0.4) is 0 Å². The lowest BCUT2D eigenvalue weighted by atomic mass is 10.1. The van der Waals surface area contributed by atoms with Crippen molar-refractivity contribution in [3.63, 3.8) is 0 Å². The van der Waals surface area contributed by atoms with E-state index in [4.69, 9.17) is 14.2 Å². The predicted molar refractivity (Wildman–Crippen MR) is 140 cm³/mol. The lowest BCUT2D eigenvalue weighted by Crippen LogP contribution is -2.50. The van der Waals surface area contributed by atoms with Gasteiger partial charge in [0.15, 0.2) is 0 Å². The van der Waals surface area contributed by atoms with Gasteiger partial charge in [0.1, 0.15) is 36.6 Å². The number of nitrogens with zero attached hydrogens (tertiary/aromatic N) is 4. The van der Waals surface area contributed by atoms with E-state index >= 15 is 0 Å². The Balaban J connectivity index is 1.23. The van der Waals surface area contributed by atoms with E-state index in [2.05, 4.69) is 15.4 Å². The van der Waals surface area contributed by atoms with Gasteiger partial charge in [-0.25, -0.2) is 14.2 Å². The van der Waals surface area contributed by atoms with Gasteiger partial charge >= 0.3 is 6.03 Å². The Morgan fingerprint density at radius 2 is 2.03 bits per heavy atom. The molecule has 10 nitrogen and oxygen atoms in total. The molecule has 1 aliphatic rings. The Morgan fingerprint density at radius 3 is 2.85 bits per heavy atom. The molecule has 0 saturated heterocycles. The number of hydrogen-bond donors (Lipinski definition) is 1. The smallest absolute Gasteiger partial charge is 0.342 e. The summed E-state index contributed by atoms with van der Waals surface area (Å²) in [7, 11) is 3.15. The second kappa shape index (κ2) is 11.2. The lowest BCUT2D eigenvalue weighted by Gasteiger charge is -2.20. The van der Waals surface area contributed by atoms with Crippen molar-refractivity contribution < 1.29 is 28.2 Å². The minimum atomic E-state index is -0.945. The number of benzene rings is 2. The molecule has 1 aliphatic heterocycles. The number of ether oxygens (including phenoxy) is 3. The van der Waals surface area contributed by atoms with E-state index in [1.807, 2.05) is 6.07 Å². The Labute approximate surface area is 223 Å². The molecule has 0 spiro atoms. The third-order valence-corrected chi connectivity index (χ3v) is 6.18. The first kappa shape index (κ1) is 25.7. The first-order valence-corrected chi connectivity index (χ1v) is 12.1. The van der Waals surface area contributed by atoms with E-state index in [1.54, 1.807) is 62.9 Å². The average molecular weight is 532 g/mol. The third-order valence-electron chi connectivity index (χ3n) is 6.18. The standard InChI is InChI=1S/C28H26FN5O5/c1-33-24-13-22(38-16-19-8-9-30-26(12-19)37-2)6-7-25(24)39-17-23(27(33)35)32-28(36)34-15-20(14-31-34)10-18-4-3-5-21(29)11-18/h3-9,11-15,23H,10,16-17H2,1-2H3,(H,32,36)/t23-/m0/s1. The number of hydrogen-bond acceptors (Lipinski definition) is 7. The quantitative estimate of drug-likeness (QED) is 0.388. The van der Waals surface area contributed by atoms with Crippen molar-refractivity contribution in [2.24, 2.45) is 0 Å². The molecule has 0 bridgehead atoms. The molecule has 5 rings (SSSR count). The normalized spacial score (nSPS) is 14.7. The van der Waals surface area contributed by atoms with E-state index in [0.29, 0.717) is 29.5 Å². The summed E-state index contributed by atoms with van der Waals surface area (Å²) in [5.41, 5.74) is 2.86. The van der Waals surface area contributed by atoms with Crippen molar-refractivity contribution in [1.82, 2.24) is 20.1 Å². The number of carbonyl (C=O) groups excluding carboxylic acids is 2. The number of likely N-dealkylation sites (N-methyl/N-ethyl adjacent to an activating group) is 1. The highest BCUT2D eigenvalue weighted by atomic mass is 19.1. The summed E-state index contributed by atoms with van der Waals surface area (Å²) in [6.07, 6.45) is 5.12. The molecule has 0 aliphatic carbocycles. The van der Waals surface area contributed by atoms with Crippen molar-refractivity contribution in [2.45, 2.75) is 19.1 Å². The van der Waals surface area contributed by atoms with Crippen molar-refractivity contribution in [3.8, 4) is 17.4 Å². The monoisotopic (exact) mass is 531 g/mol. The largest absolute Gasteiger partial charge is 0.489 e. The van der Waals surface area contributed by atoms with Crippen LogP contribution in [0.15, 0.2) is 73.2 Å². The zero-order valence-electron chi connectivity index (χ0n) is 21.3. The molecule has 1 N–H and O–H groups in total. The number of aromatic nitrogens is 3. The molecule has 0 radical (unpaired) electrons. The van der Waals surface area contributed by atoms with Gasteiger partial charge in [-0.1, -0.05) is 12.1 Å². The summed E-state index contributed by atoms with van der Waals surface area (Å²) >= 11 is 0. The highest BCUT2D eigenvalue weighted by Gasteiger charge is 2.31. The summed E-state index contributed by atoms with van der Waals surface area (Å²) in [6.45, 7) is 0.219. The number of methoxy groups -OCH3 is 1. The van der Waals surface area contributed by atoms with Crippen molar-refractivity contribution >= 4 is 17.6 Å². The topological polar surface area (TPSA) is 108 Å². The maximum atomic E-state index is 13.5. The van der Waals surface area contributed by atoms with Gasteiger partial charge in [0.25, 0.3) is 5.91 Å². The summed E-state index contributed by atoms with van der Waals surface area (Å²) in [5, 5.41) is 6.78. The molecule has 1 atom stereocenters. The third kappa shape index (κ3) is 5.98. The lowest BCUT2D eigenvalue weighted by molar-refractivity contribution is -0.120. The average Bonchev–Trinajstić information content (AvgIpc) is 3.38. The van der Waals surface area contributed by atoms with Crippen LogP contribution in [0.4, 0.5) is 14.9 Å². The van der Waals surface area contributed by atoms with Gasteiger partial charge in [0, 0.05) is 38.0 Å². The number of anilines is 1. The van der Waals surface area contributed by atoms with E-state index in [9.17, 15) is 14.0 Å². The van der Waals surface area contributed by atoms with Crippen LogP contribution in [0.2, 0.25) is 0 Å². The molecule has 2 aromatic carbocycles. The molecule has 0 saturated carbocycles. The van der Waals surface area contributed by atoms with Crippen LogP contribution in [-0.2, 0) is 17.8 Å². The van der Waals surface area contributed by atoms with Crippen molar-refractivity contribution in [3.05, 3.63) is 95.7 Å². The first-order valence-electron chi connectivity index (χ1n) is 12.1. The second-order valence-electron chi connectivity index (χ2n) is 8.93. The second-order valence-corrected chi connectivity index (χ2v) is 8.93. The van der Waals surface area contributed by atoms with Gasteiger partial charge in [0.2, 0.25) is 5.88 Å². The number of fused-ring (bicyclic) bond motifs is 1. The molecular weight excluding hydrogens is 505 g/mol. The van der Waals surface area contributed by atoms with Crippen LogP contribution in [0.1, 0.15) is 16.7 Å². The molecule has 2 aromatic heterocycles. The summed E-state index contributed by atoms with van der Waals surface area (Å²) < 4.78 is 31.5.